The van der Waals surface area contributed by atoms with Gasteiger partial charge in [0, 0.05) is 16.8 Å². The second kappa shape index (κ2) is 11.2. The molecule has 0 unspecified atom stereocenters. The van der Waals surface area contributed by atoms with Crippen molar-refractivity contribution in [2.45, 2.75) is 18.7 Å². The van der Waals surface area contributed by atoms with E-state index in [0.717, 1.165) is 39.2 Å². The van der Waals surface area contributed by atoms with Gasteiger partial charge in [-0.05, 0) is 54.8 Å². The number of nitrogens with zero attached hydrogens (tertiary/aromatic N) is 3. The molecule has 1 N–H and O–H groups in total. The smallest absolute Gasteiger partial charge is 0.234 e. The Morgan fingerprint density at radius 3 is 2.41 bits per heavy atom. The molecule has 4 aromatic carbocycles. The van der Waals surface area contributed by atoms with E-state index in [1.807, 2.05) is 102 Å². The summed E-state index contributed by atoms with van der Waals surface area (Å²) in [5.41, 5.74) is 2.80. The topological polar surface area (TPSA) is 78.3 Å². The van der Waals surface area contributed by atoms with Gasteiger partial charge >= 0.3 is 0 Å². The van der Waals surface area contributed by atoms with Crippen LogP contribution in [0.1, 0.15) is 11.4 Å². The molecule has 0 aliphatic carbocycles. The lowest BCUT2D eigenvalue weighted by Crippen LogP contribution is -2.15. The minimum Gasteiger partial charge on any atom is -0.497 e. The van der Waals surface area contributed by atoms with E-state index < -0.39 is 0 Å². The van der Waals surface area contributed by atoms with Crippen molar-refractivity contribution in [2.24, 2.45) is 0 Å². The number of aromatic nitrogens is 3. The summed E-state index contributed by atoms with van der Waals surface area (Å²) in [7, 11) is 1.63. The van der Waals surface area contributed by atoms with Gasteiger partial charge in [0.05, 0.1) is 12.9 Å². The highest BCUT2D eigenvalue weighted by Crippen LogP contribution is 2.26. The van der Waals surface area contributed by atoms with Crippen LogP contribution in [-0.2, 0) is 11.4 Å². The van der Waals surface area contributed by atoms with Crippen molar-refractivity contribution in [3.8, 4) is 17.2 Å². The first-order chi connectivity index (χ1) is 18.1. The molecule has 0 atom stereocenters. The minimum atomic E-state index is -0.122. The zero-order valence-electron chi connectivity index (χ0n) is 20.5. The largest absolute Gasteiger partial charge is 0.497 e. The highest BCUT2D eigenvalue weighted by molar-refractivity contribution is 7.99. The molecule has 0 spiro atoms. The maximum atomic E-state index is 12.9. The number of ether oxygens (including phenoxy) is 2. The summed E-state index contributed by atoms with van der Waals surface area (Å²) in [5.74, 6) is 2.18. The molecule has 1 amide bonds. The first kappa shape index (κ1) is 24.4. The van der Waals surface area contributed by atoms with Crippen LogP contribution in [0.3, 0.4) is 0 Å². The Bertz CT molecular complexity index is 1510. The lowest BCUT2D eigenvalue weighted by Gasteiger charge is -2.12. The van der Waals surface area contributed by atoms with E-state index in [9.17, 15) is 4.79 Å². The maximum absolute atomic E-state index is 12.9. The minimum absolute atomic E-state index is 0.122. The van der Waals surface area contributed by atoms with Crippen molar-refractivity contribution >= 4 is 34.1 Å². The Kier molecular flexibility index (Phi) is 7.37. The molecular weight excluding hydrogens is 484 g/mol. The zero-order chi connectivity index (χ0) is 25.6. The van der Waals surface area contributed by atoms with Gasteiger partial charge in [0.15, 0.2) is 11.0 Å². The van der Waals surface area contributed by atoms with Crippen LogP contribution in [0.15, 0.2) is 96.2 Å². The van der Waals surface area contributed by atoms with Crippen molar-refractivity contribution in [3.63, 3.8) is 0 Å². The molecule has 0 radical (unpaired) electrons. The van der Waals surface area contributed by atoms with Crippen LogP contribution < -0.4 is 14.8 Å². The number of thioether (sulfide) groups is 1. The predicted octanol–water partition coefficient (Wildman–Crippen LogP) is 6.05. The maximum Gasteiger partial charge on any atom is 0.234 e. The monoisotopic (exact) mass is 510 g/mol. The number of fused-ring (bicyclic) bond motifs is 1. The third-order valence-electron chi connectivity index (χ3n) is 5.82. The number of hydrogen-bond acceptors (Lipinski definition) is 6. The number of carbonyl (C=O) groups excluding carboxylic acids is 1. The molecule has 0 aliphatic heterocycles. The fraction of sp³-hybridized carbons (Fsp3) is 0.138. The Balaban J connectivity index is 1.34. The molecule has 0 saturated carbocycles. The number of hydrogen-bond donors (Lipinski definition) is 1. The number of rotatable bonds is 9. The van der Waals surface area contributed by atoms with Crippen molar-refractivity contribution in [2.75, 3.05) is 18.2 Å². The van der Waals surface area contributed by atoms with Crippen molar-refractivity contribution in [1.82, 2.24) is 14.8 Å². The standard InChI is InChI=1S/C29H26N4O3S/c1-20-10-14-24(15-11-20)36-18-27-31-32-29(33(27)22-12-16-23(35-2)17-13-22)37-19-28(34)30-26-9-5-7-21-6-3-4-8-25(21)26/h3-17H,18-19H2,1-2H3,(H,30,34). The normalized spacial score (nSPS) is 10.9. The first-order valence-electron chi connectivity index (χ1n) is 11.8. The van der Waals surface area contributed by atoms with Crippen LogP contribution in [0.2, 0.25) is 0 Å². The SMILES string of the molecule is COc1ccc(-n2c(COc3ccc(C)cc3)nnc2SCC(=O)Nc2cccc3ccccc23)cc1. The number of carbonyl (C=O) groups is 1. The molecule has 186 valence electrons. The second-order valence-electron chi connectivity index (χ2n) is 8.40. The summed E-state index contributed by atoms with van der Waals surface area (Å²) < 4.78 is 13.2. The summed E-state index contributed by atoms with van der Waals surface area (Å²) in [6, 6.07) is 29.3. The first-order valence-corrected chi connectivity index (χ1v) is 12.8. The van der Waals surface area contributed by atoms with E-state index in [2.05, 4.69) is 15.5 Å². The van der Waals surface area contributed by atoms with Gasteiger partial charge in [-0.25, -0.2) is 0 Å². The molecule has 0 aliphatic rings. The van der Waals surface area contributed by atoms with Crippen LogP contribution in [0.5, 0.6) is 11.5 Å². The second-order valence-corrected chi connectivity index (χ2v) is 9.34. The molecule has 0 saturated heterocycles. The number of aryl methyl sites for hydroxylation is 1. The van der Waals surface area contributed by atoms with Gasteiger partial charge < -0.3 is 14.8 Å². The van der Waals surface area contributed by atoms with E-state index in [1.54, 1.807) is 7.11 Å². The van der Waals surface area contributed by atoms with Gasteiger partial charge in [0.2, 0.25) is 5.91 Å². The molecule has 1 aromatic heterocycles. The van der Waals surface area contributed by atoms with Gasteiger partial charge in [-0.3, -0.25) is 9.36 Å². The van der Waals surface area contributed by atoms with E-state index in [-0.39, 0.29) is 18.3 Å². The molecule has 1 heterocycles. The van der Waals surface area contributed by atoms with Gasteiger partial charge in [-0.15, -0.1) is 10.2 Å². The van der Waals surface area contributed by atoms with Crippen molar-refractivity contribution < 1.29 is 14.3 Å². The molecule has 0 fully saturated rings. The molecule has 0 bridgehead atoms. The van der Waals surface area contributed by atoms with Crippen molar-refractivity contribution in [1.29, 1.82) is 0 Å². The Morgan fingerprint density at radius 2 is 1.62 bits per heavy atom. The molecular formula is C29H26N4O3S. The van der Waals surface area contributed by atoms with E-state index in [0.29, 0.717) is 11.0 Å². The summed E-state index contributed by atoms with van der Waals surface area (Å²) in [5, 5.41) is 14.5. The van der Waals surface area contributed by atoms with Crippen molar-refractivity contribution in [3.05, 3.63) is 102 Å². The van der Waals surface area contributed by atoms with Gasteiger partial charge in [0.25, 0.3) is 0 Å². The fourth-order valence-electron chi connectivity index (χ4n) is 3.91. The summed E-state index contributed by atoms with van der Waals surface area (Å²) in [6.45, 7) is 2.26. The quantitative estimate of drug-likeness (QED) is 0.243. The Morgan fingerprint density at radius 1 is 0.892 bits per heavy atom. The van der Waals surface area contributed by atoms with Crippen LogP contribution in [0.4, 0.5) is 5.69 Å². The number of amides is 1. The van der Waals surface area contributed by atoms with E-state index in [4.69, 9.17) is 9.47 Å². The van der Waals surface area contributed by atoms with Crippen LogP contribution in [-0.4, -0.2) is 33.5 Å². The molecule has 7 nitrogen and oxygen atoms in total. The number of nitrogens with one attached hydrogen (secondary N) is 1. The third kappa shape index (κ3) is 5.76. The number of benzene rings is 4. The van der Waals surface area contributed by atoms with Crippen LogP contribution in [0.25, 0.3) is 16.5 Å². The van der Waals surface area contributed by atoms with Gasteiger partial charge in [0.1, 0.15) is 18.1 Å². The van der Waals surface area contributed by atoms with E-state index >= 15 is 0 Å². The van der Waals surface area contributed by atoms with Crippen LogP contribution >= 0.6 is 11.8 Å². The lowest BCUT2D eigenvalue weighted by molar-refractivity contribution is -0.113. The summed E-state index contributed by atoms with van der Waals surface area (Å²) in [4.78, 5) is 12.9. The predicted molar refractivity (Wildman–Crippen MR) is 147 cm³/mol. The zero-order valence-corrected chi connectivity index (χ0v) is 21.4. The molecule has 37 heavy (non-hydrogen) atoms. The average Bonchev–Trinajstić information content (AvgIpc) is 3.34. The molecule has 8 heteroatoms. The number of anilines is 1. The Labute approximate surface area is 219 Å². The van der Waals surface area contributed by atoms with E-state index in [1.165, 1.54) is 11.8 Å². The van der Waals surface area contributed by atoms with Crippen LogP contribution in [0, 0.1) is 6.92 Å². The summed E-state index contributed by atoms with van der Waals surface area (Å²) in [6.07, 6.45) is 0. The third-order valence-corrected chi connectivity index (χ3v) is 6.74. The summed E-state index contributed by atoms with van der Waals surface area (Å²) >= 11 is 1.32. The van der Waals surface area contributed by atoms with Gasteiger partial charge in [-0.2, -0.15) is 0 Å². The molecule has 5 aromatic rings. The highest BCUT2D eigenvalue weighted by Gasteiger charge is 2.17. The lowest BCUT2D eigenvalue weighted by atomic mass is 10.1. The number of methoxy groups -OCH3 is 1. The highest BCUT2D eigenvalue weighted by atomic mass is 32.2. The van der Waals surface area contributed by atoms with Gasteiger partial charge in [-0.1, -0.05) is 65.9 Å². The Hall–Kier alpha value is -4.30. The fourth-order valence-corrected chi connectivity index (χ4v) is 4.68. The average molecular weight is 511 g/mol. The molecule has 5 rings (SSSR count).